The molecular weight excluding hydrogens is 334 g/mol. The first-order chi connectivity index (χ1) is 11.2. The minimum Gasteiger partial charge on any atom is -0.421 e. The summed E-state index contributed by atoms with van der Waals surface area (Å²) in [5.74, 6) is -11.9. The number of carbonyl (C=O) groups is 2. The molecule has 0 aromatic carbocycles. The maximum absolute atomic E-state index is 14.0. The van der Waals surface area contributed by atoms with E-state index in [-0.39, 0.29) is 12.8 Å². The van der Waals surface area contributed by atoms with E-state index in [4.69, 9.17) is 9.47 Å². The van der Waals surface area contributed by atoms with Gasteiger partial charge in [0.25, 0.3) is 17.7 Å². The molecular formula is C15H13F4NO4. The molecule has 0 radical (unpaired) electrons. The van der Waals surface area contributed by atoms with Crippen LogP contribution in [0.25, 0.3) is 0 Å². The zero-order valence-electron chi connectivity index (χ0n) is 12.6. The molecule has 0 bridgehead atoms. The van der Waals surface area contributed by atoms with E-state index in [1.807, 2.05) is 0 Å². The molecule has 2 fully saturated rings. The Balaban J connectivity index is 2.09. The summed E-state index contributed by atoms with van der Waals surface area (Å²) >= 11 is 0. The van der Waals surface area contributed by atoms with Crippen molar-refractivity contribution in [3.8, 4) is 0 Å². The first-order valence-corrected chi connectivity index (χ1v) is 7.38. The van der Waals surface area contributed by atoms with Gasteiger partial charge < -0.3 is 9.47 Å². The molecule has 1 spiro atoms. The lowest BCUT2D eigenvalue weighted by molar-refractivity contribution is -0.263. The number of hydrogen-bond acceptors (Lipinski definition) is 5. The molecule has 0 N–H and O–H groups in total. The molecule has 3 rings (SSSR count). The minimum absolute atomic E-state index is 0.255. The van der Waals surface area contributed by atoms with E-state index in [1.54, 1.807) is 0 Å². The number of aromatic nitrogens is 1. The number of pyridine rings is 1. The van der Waals surface area contributed by atoms with Crippen LogP contribution in [0.4, 0.5) is 17.6 Å². The summed E-state index contributed by atoms with van der Waals surface area (Å²) in [6.45, 7) is 0.799. The van der Waals surface area contributed by atoms with Gasteiger partial charge in [-0.2, -0.15) is 13.8 Å². The number of halogens is 4. The van der Waals surface area contributed by atoms with Crippen LogP contribution in [0.5, 0.6) is 0 Å². The highest BCUT2D eigenvalue weighted by Crippen LogP contribution is 2.43. The standard InChI is InChI=1S/C15H13F4NO4/c1-14(7-8(16)10(18)20-11(19)9(7)17)12(21)23-15(24-13(14)22)5-3-2-4-6-15/h2-6H2,1H3. The zero-order valence-corrected chi connectivity index (χ0v) is 12.6. The fraction of sp³-hybridized carbons (Fsp3) is 0.533. The smallest absolute Gasteiger partial charge is 0.331 e. The molecule has 0 unspecified atom stereocenters. The maximum atomic E-state index is 14.0. The molecule has 1 saturated heterocycles. The largest absolute Gasteiger partial charge is 0.421 e. The van der Waals surface area contributed by atoms with Gasteiger partial charge in [-0.1, -0.05) is 6.42 Å². The van der Waals surface area contributed by atoms with Gasteiger partial charge in [0.2, 0.25) is 0 Å². The lowest BCUT2D eigenvalue weighted by Crippen LogP contribution is -2.58. The normalized spacial score (nSPS) is 22.2. The second-order valence-corrected chi connectivity index (χ2v) is 6.07. The third kappa shape index (κ3) is 2.25. The molecule has 0 amide bonds. The average molecular weight is 347 g/mol. The maximum Gasteiger partial charge on any atom is 0.331 e. The lowest BCUT2D eigenvalue weighted by atomic mass is 9.80. The highest BCUT2D eigenvalue weighted by atomic mass is 19.2. The van der Waals surface area contributed by atoms with Gasteiger partial charge in [-0.15, -0.1) is 0 Å². The predicted molar refractivity (Wildman–Crippen MR) is 69.4 cm³/mol. The summed E-state index contributed by atoms with van der Waals surface area (Å²) in [5, 5.41) is 0. The Kier molecular flexibility index (Phi) is 3.76. The molecule has 24 heavy (non-hydrogen) atoms. The Hall–Kier alpha value is -2.19. The number of hydrogen-bond donors (Lipinski definition) is 0. The van der Waals surface area contributed by atoms with Gasteiger partial charge in [0.05, 0.1) is 5.56 Å². The minimum atomic E-state index is -2.67. The molecule has 0 atom stereocenters. The van der Waals surface area contributed by atoms with Crippen molar-refractivity contribution in [2.45, 2.75) is 50.2 Å². The highest BCUT2D eigenvalue weighted by Gasteiger charge is 2.60. The van der Waals surface area contributed by atoms with Crippen molar-refractivity contribution in [3.63, 3.8) is 0 Å². The van der Waals surface area contributed by atoms with Crippen LogP contribution in [0.2, 0.25) is 0 Å². The predicted octanol–water partition coefficient (Wildman–Crippen LogP) is 2.66. The number of ether oxygens (including phenoxy) is 2. The third-order valence-corrected chi connectivity index (χ3v) is 4.49. The Morgan fingerprint density at radius 3 is 1.79 bits per heavy atom. The first kappa shape index (κ1) is 16.7. The quantitative estimate of drug-likeness (QED) is 0.338. The zero-order chi connectivity index (χ0) is 17.7. The van der Waals surface area contributed by atoms with E-state index in [2.05, 4.69) is 4.98 Å². The van der Waals surface area contributed by atoms with Crippen molar-refractivity contribution in [3.05, 3.63) is 29.1 Å². The van der Waals surface area contributed by atoms with E-state index >= 15 is 0 Å². The number of nitrogens with zero attached hydrogens (tertiary/aromatic N) is 1. The van der Waals surface area contributed by atoms with Crippen molar-refractivity contribution < 1.29 is 36.6 Å². The molecule has 1 aliphatic heterocycles. The van der Waals surface area contributed by atoms with Crippen LogP contribution in [-0.4, -0.2) is 22.7 Å². The van der Waals surface area contributed by atoms with Crippen LogP contribution in [0.15, 0.2) is 0 Å². The Morgan fingerprint density at radius 2 is 1.33 bits per heavy atom. The average Bonchev–Trinajstić information content (AvgIpc) is 2.52. The molecule has 5 nitrogen and oxygen atoms in total. The third-order valence-electron chi connectivity index (χ3n) is 4.49. The van der Waals surface area contributed by atoms with Gasteiger partial charge in [0, 0.05) is 12.8 Å². The molecule has 1 aromatic heterocycles. The van der Waals surface area contributed by atoms with Crippen LogP contribution in [0, 0.1) is 23.5 Å². The van der Waals surface area contributed by atoms with Crippen LogP contribution in [-0.2, 0) is 24.5 Å². The van der Waals surface area contributed by atoms with E-state index < -0.39 is 52.2 Å². The summed E-state index contributed by atoms with van der Waals surface area (Å²) in [7, 11) is 0. The van der Waals surface area contributed by atoms with Crippen molar-refractivity contribution in [2.24, 2.45) is 0 Å². The Bertz CT molecular complexity index is 684. The first-order valence-electron chi connectivity index (χ1n) is 7.38. The summed E-state index contributed by atoms with van der Waals surface area (Å²) in [6.07, 6.45) is 2.64. The lowest BCUT2D eigenvalue weighted by Gasteiger charge is -2.43. The molecule has 2 aliphatic rings. The van der Waals surface area contributed by atoms with Gasteiger partial charge in [-0.25, -0.2) is 8.78 Å². The highest BCUT2D eigenvalue weighted by molar-refractivity contribution is 6.07. The van der Waals surface area contributed by atoms with E-state index in [0.717, 1.165) is 13.3 Å². The summed E-state index contributed by atoms with van der Waals surface area (Å²) < 4.78 is 65.0. The fourth-order valence-electron chi connectivity index (χ4n) is 3.07. The van der Waals surface area contributed by atoms with Crippen LogP contribution >= 0.6 is 0 Å². The van der Waals surface area contributed by atoms with Crippen LogP contribution in [0.3, 0.4) is 0 Å². The van der Waals surface area contributed by atoms with Crippen molar-refractivity contribution in [1.29, 1.82) is 0 Å². The summed E-state index contributed by atoms with van der Waals surface area (Å²) in [4.78, 5) is 27.2. The van der Waals surface area contributed by atoms with Gasteiger partial charge >= 0.3 is 11.9 Å². The SMILES string of the molecule is CC1(c2c(F)c(F)nc(F)c2F)C(=O)OC2(CCCCC2)OC1=O. The van der Waals surface area contributed by atoms with E-state index in [9.17, 15) is 27.2 Å². The van der Waals surface area contributed by atoms with Gasteiger partial charge in [-0.3, -0.25) is 9.59 Å². The second kappa shape index (κ2) is 5.42. The fourth-order valence-corrected chi connectivity index (χ4v) is 3.07. The summed E-state index contributed by atoms with van der Waals surface area (Å²) in [5.41, 5.74) is -4.07. The Labute approximate surface area is 134 Å². The van der Waals surface area contributed by atoms with Gasteiger partial charge in [0.1, 0.15) is 0 Å². The monoisotopic (exact) mass is 347 g/mol. The van der Waals surface area contributed by atoms with Crippen molar-refractivity contribution >= 4 is 11.9 Å². The molecule has 1 aromatic rings. The van der Waals surface area contributed by atoms with E-state index in [1.165, 1.54) is 0 Å². The summed E-state index contributed by atoms with van der Waals surface area (Å²) in [6, 6.07) is 0. The van der Waals surface area contributed by atoms with Crippen LogP contribution < -0.4 is 0 Å². The van der Waals surface area contributed by atoms with Crippen LogP contribution in [0.1, 0.15) is 44.6 Å². The van der Waals surface area contributed by atoms with Gasteiger partial charge in [0.15, 0.2) is 17.0 Å². The molecule has 1 saturated carbocycles. The number of carbonyl (C=O) groups excluding carboxylic acids is 2. The second-order valence-electron chi connectivity index (χ2n) is 6.07. The van der Waals surface area contributed by atoms with Crippen molar-refractivity contribution in [1.82, 2.24) is 4.98 Å². The number of rotatable bonds is 1. The molecule has 1 aliphatic carbocycles. The van der Waals surface area contributed by atoms with E-state index in [0.29, 0.717) is 12.8 Å². The van der Waals surface area contributed by atoms with Crippen molar-refractivity contribution in [2.75, 3.05) is 0 Å². The molecule has 2 heterocycles. The number of esters is 2. The molecule has 130 valence electrons. The topological polar surface area (TPSA) is 65.5 Å². The molecule has 9 heteroatoms. The Morgan fingerprint density at radius 1 is 0.875 bits per heavy atom. The van der Waals surface area contributed by atoms with Gasteiger partial charge in [-0.05, 0) is 19.8 Å².